The Morgan fingerprint density at radius 2 is 1.12 bits per heavy atom. The minimum atomic E-state index is -4.36. The highest BCUT2D eigenvalue weighted by Gasteiger charge is 2.47. The summed E-state index contributed by atoms with van der Waals surface area (Å²) < 4.78 is 86.5. The molecule has 2 aliphatic carbocycles. The van der Waals surface area contributed by atoms with Gasteiger partial charge >= 0.3 is 12.4 Å². The van der Waals surface area contributed by atoms with E-state index in [0.717, 1.165) is 119 Å². The Morgan fingerprint density at radius 1 is 0.671 bits per heavy atom. The number of nitrogens with one attached hydrogen (secondary N) is 1. The number of hydrogen-bond donors (Lipinski definition) is 1. The van der Waals surface area contributed by atoms with Crippen LogP contribution >= 0.6 is 62.3 Å². The van der Waals surface area contributed by atoms with Crippen molar-refractivity contribution in [1.29, 1.82) is 5.26 Å². The average molecular weight is 1170 g/mol. The van der Waals surface area contributed by atoms with E-state index in [9.17, 15) is 35.9 Å². The summed E-state index contributed by atoms with van der Waals surface area (Å²) in [5.41, 5.74) is -0.211. The number of rotatable bonds is 15. The molecule has 0 bridgehead atoms. The van der Waals surface area contributed by atoms with Gasteiger partial charge in [-0.3, -0.25) is 14.5 Å². The number of likely N-dealkylation sites (tertiary alicyclic amines) is 1. The molecule has 73 heavy (non-hydrogen) atoms. The summed E-state index contributed by atoms with van der Waals surface area (Å²) in [7, 11) is 0. The second kappa shape index (κ2) is 29.1. The lowest BCUT2D eigenvalue weighted by Gasteiger charge is -2.44. The van der Waals surface area contributed by atoms with Gasteiger partial charge in [-0.05, 0) is 161 Å². The summed E-state index contributed by atoms with van der Waals surface area (Å²) in [5, 5.41) is 13.1. The van der Waals surface area contributed by atoms with Crippen LogP contribution in [0.25, 0.3) is 0 Å². The molecule has 18 heteroatoms. The van der Waals surface area contributed by atoms with E-state index in [-0.39, 0.29) is 30.4 Å². The molecule has 400 valence electrons. The summed E-state index contributed by atoms with van der Waals surface area (Å²) in [4.78, 5) is 27.8. The zero-order chi connectivity index (χ0) is 52.5. The molecule has 0 radical (unpaired) electrons. The average Bonchev–Trinajstić information content (AvgIpc) is 3.32. The van der Waals surface area contributed by atoms with Crippen LogP contribution in [0.15, 0.2) is 84.9 Å². The fourth-order valence-electron chi connectivity index (χ4n) is 9.45. The Bertz CT molecular complexity index is 2410. The van der Waals surface area contributed by atoms with Gasteiger partial charge in [-0.15, -0.1) is 0 Å². The Kier molecular flexibility index (Phi) is 24.7. The number of carbonyl (C=O) groups is 2. The van der Waals surface area contributed by atoms with E-state index < -0.39 is 28.9 Å². The van der Waals surface area contributed by atoms with Crippen LogP contribution in [0.2, 0.25) is 20.1 Å². The van der Waals surface area contributed by atoms with E-state index >= 15 is 0 Å². The predicted molar refractivity (Wildman–Crippen MR) is 284 cm³/mol. The molecule has 2 aliphatic heterocycles. The van der Waals surface area contributed by atoms with E-state index in [0.29, 0.717) is 69.1 Å². The molecule has 2 saturated carbocycles. The van der Waals surface area contributed by atoms with Crippen molar-refractivity contribution >= 4 is 73.9 Å². The first kappa shape index (κ1) is 62.0. The van der Waals surface area contributed by atoms with E-state index in [2.05, 4.69) is 26.1 Å². The van der Waals surface area contributed by atoms with Crippen LogP contribution in [-0.2, 0) is 32.8 Å². The zero-order valence-corrected chi connectivity index (χ0v) is 44.7. The smallest absolute Gasteiger partial charge is 0.416 e. The number of ketones is 2. The van der Waals surface area contributed by atoms with Gasteiger partial charge in [-0.25, -0.2) is 0 Å². The first-order valence-electron chi connectivity index (χ1n) is 24.2. The molecule has 4 aromatic rings. The van der Waals surface area contributed by atoms with Crippen LogP contribution in [0.3, 0.4) is 0 Å². The molecule has 4 aliphatic rings. The molecule has 4 aromatic carbocycles. The van der Waals surface area contributed by atoms with Gasteiger partial charge in [0.05, 0.1) is 73.2 Å². The standard InChI is InChI=1S/C26H28Cl2F3NO2.C14H18F3NO.C12H11BrCl2O.C2H3N.CH4/c27-22-10-7-19(16-23(22)28)25(12-3-13-25)24(33)17-32-14-2-1-4-20(32)11-15-34-21-8-5-18(6-9-21)26(29,30)31;15-14(16,17)11-4-6-13(7-5-11)19-10-8-12-3-1-2-9-18-12;13-7-11(16)12(4-1-5-12)8-2-3-9(14)10(15)6-8;1-2-3;/h5-10,16,20H,1-4,11-15,17H2;4-7,12,18H,1-3,8-10H2;2-3,6H,1,4-5,7H2;1H3;1H4. The van der Waals surface area contributed by atoms with Gasteiger partial charge in [0, 0.05) is 19.0 Å². The number of hydrogen-bond acceptors (Lipinski definition) is 7. The lowest BCUT2D eigenvalue weighted by Crippen LogP contribution is -2.51. The minimum absolute atomic E-state index is 0. The molecular formula is C55H64BrCl4F6N3O4. The molecule has 0 amide bonds. The zero-order valence-electron chi connectivity index (χ0n) is 40.1. The number of alkyl halides is 7. The lowest BCUT2D eigenvalue weighted by molar-refractivity contribution is -0.138. The monoisotopic (exact) mass is 1160 g/mol. The molecule has 4 fully saturated rings. The maximum Gasteiger partial charge on any atom is 0.416 e. The van der Waals surface area contributed by atoms with Crippen LogP contribution in [0.1, 0.15) is 126 Å². The summed E-state index contributed by atoms with van der Waals surface area (Å²) in [6.07, 6.45) is 5.24. The molecule has 8 rings (SSSR count). The number of ether oxygens (including phenoxy) is 2. The fraction of sp³-hybridized carbons (Fsp3) is 0.509. The van der Waals surface area contributed by atoms with Crippen LogP contribution < -0.4 is 14.8 Å². The number of nitriles is 1. The third kappa shape index (κ3) is 17.5. The van der Waals surface area contributed by atoms with Crippen molar-refractivity contribution < 1.29 is 45.4 Å². The Morgan fingerprint density at radius 3 is 1.52 bits per heavy atom. The van der Waals surface area contributed by atoms with Crippen molar-refractivity contribution in [2.75, 3.05) is 38.2 Å². The third-order valence-corrected chi connectivity index (χ3v) is 15.9. The van der Waals surface area contributed by atoms with Gasteiger partial charge in [0.15, 0.2) is 11.6 Å². The van der Waals surface area contributed by atoms with Crippen molar-refractivity contribution in [3.63, 3.8) is 0 Å². The molecule has 2 saturated heterocycles. The SMILES string of the molecule is C.CC#N.FC(F)(F)c1ccc(OCCC2CCCCN2)cc1.O=C(CBr)C1(c2ccc(Cl)c(Cl)c2)CCC1.O=C(CN1CCCCC1CCOc1ccc(C(F)(F)F)cc1)C1(c2ccc(Cl)c(Cl)c2)CCC1. The highest BCUT2D eigenvalue weighted by molar-refractivity contribution is 9.09. The topological polar surface area (TPSA) is 91.7 Å². The van der Waals surface area contributed by atoms with Gasteiger partial charge in [-0.2, -0.15) is 31.6 Å². The summed E-state index contributed by atoms with van der Waals surface area (Å²) >= 11 is 27.4. The number of carbonyl (C=O) groups excluding carboxylic acids is 2. The summed E-state index contributed by atoms with van der Waals surface area (Å²) in [6, 6.07) is 23.0. The number of piperidine rings is 2. The van der Waals surface area contributed by atoms with E-state index in [4.69, 9.17) is 61.1 Å². The normalized spacial score (nSPS) is 18.9. The second-order valence-electron chi connectivity index (χ2n) is 18.4. The quantitative estimate of drug-likeness (QED) is 0.0936. The Balaban J connectivity index is 0.000000250. The van der Waals surface area contributed by atoms with Crippen molar-refractivity contribution in [3.05, 3.63) is 127 Å². The van der Waals surface area contributed by atoms with Crippen LogP contribution in [0.4, 0.5) is 26.3 Å². The largest absolute Gasteiger partial charge is 0.494 e. The lowest BCUT2D eigenvalue weighted by atomic mass is 9.61. The summed E-state index contributed by atoms with van der Waals surface area (Å²) in [5.74, 6) is 1.35. The van der Waals surface area contributed by atoms with Crippen molar-refractivity contribution in [1.82, 2.24) is 10.2 Å². The van der Waals surface area contributed by atoms with Crippen LogP contribution in [-0.4, -0.2) is 66.7 Å². The minimum Gasteiger partial charge on any atom is -0.494 e. The van der Waals surface area contributed by atoms with E-state index in [1.54, 1.807) is 18.2 Å². The van der Waals surface area contributed by atoms with Crippen molar-refractivity contribution in [3.8, 4) is 17.6 Å². The number of halogens is 11. The third-order valence-electron chi connectivity index (χ3n) is 13.9. The first-order chi connectivity index (χ1) is 34.3. The fourth-order valence-corrected chi connectivity index (χ4v) is 10.6. The highest BCUT2D eigenvalue weighted by Crippen LogP contribution is 2.47. The first-order valence-corrected chi connectivity index (χ1v) is 26.8. The predicted octanol–water partition coefficient (Wildman–Crippen LogP) is 16.5. The molecule has 1 N–H and O–H groups in total. The Hall–Kier alpha value is -3.55. The number of Topliss-reactive ketones (excluding diaryl/α,β-unsaturated/α-hetero) is 2. The molecule has 2 heterocycles. The van der Waals surface area contributed by atoms with Crippen LogP contribution in [0.5, 0.6) is 11.5 Å². The molecule has 7 nitrogen and oxygen atoms in total. The maximum absolute atomic E-state index is 13.5. The van der Waals surface area contributed by atoms with Gasteiger partial charge in [0.1, 0.15) is 11.5 Å². The van der Waals surface area contributed by atoms with Gasteiger partial charge in [0.25, 0.3) is 0 Å². The molecule has 0 aromatic heterocycles. The molecule has 2 unspecified atom stereocenters. The van der Waals surface area contributed by atoms with Crippen molar-refractivity contribution in [2.24, 2.45) is 0 Å². The van der Waals surface area contributed by atoms with Gasteiger partial charge in [0.2, 0.25) is 0 Å². The number of nitrogens with zero attached hydrogens (tertiary/aromatic N) is 2. The van der Waals surface area contributed by atoms with Crippen LogP contribution in [0, 0.1) is 11.3 Å². The second-order valence-corrected chi connectivity index (χ2v) is 20.6. The molecule has 0 spiro atoms. The van der Waals surface area contributed by atoms with E-state index in [1.165, 1.54) is 44.0 Å². The number of benzene rings is 4. The van der Waals surface area contributed by atoms with E-state index in [1.807, 2.05) is 24.3 Å². The molecular weight excluding hydrogens is 1100 g/mol. The summed E-state index contributed by atoms with van der Waals surface area (Å²) in [6.45, 7) is 4.63. The maximum atomic E-state index is 13.5. The van der Waals surface area contributed by atoms with Gasteiger partial charge < -0.3 is 14.8 Å². The van der Waals surface area contributed by atoms with Gasteiger partial charge in [-0.1, -0.05) is 108 Å². The highest BCUT2D eigenvalue weighted by atomic mass is 79.9. The Labute approximate surface area is 454 Å². The molecule has 2 atom stereocenters. The van der Waals surface area contributed by atoms with Crippen molar-refractivity contribution in [2.45, 2.75) is 140 Å².